The van der Waals surface area contributed by atoms with Crippen LogP contribution in [0.15, 0.2) is 18.2 Å². The van der Waals surface area contributed by atoms with Gasteiger partial charge < -0.3 is 15.6 Å². The lowest BCUT2D eigenvalue weighted by molar-refractivity contribution is -0.274. The molecule has 0 aromatic heterocycles. The Kier molecular flexibility index (Phi) is 3.81. The van der Waals surface area contributed by atoms with Crippen LogP contribution in [0, 0.1) is 5.41 Å². The maximum Gasteiger partial charge on any atom is 0.573 e. The highest BCUT2D eigenvalue weighted by molar-refractivity contribution is 5.41. The van der Waals surface area contributed by atoms with E-state index in [1.165, 1.54) is 0 Å². The largest absolute Gasteiger partial charge is 0.573 e. The number of phenolic OH excluding ortho intramolecular Hbond substituents is 1. The van der Waals surface area contributed by atoms with Crippen LogP contribution in [0.1, 0.15) is 32.4 Å². The highest BCUT2D eigenvalue weighted by Gasteiger charge is 2.32. The van der Waals surface area contributed by atoms with E-state index in [4.69, 9.17) is 5.73 Å². The molecule has 0 aliphatic rings. The number of phenols is 1. The second-order valence-electron chi connectivity index (χ2n) is 5.11. The second kappa shape index (κ2) is 4.68. The fourth-order valence-corrected chi connectivity index (χ4v) is 1.45. The zero-order chi connectivity index (χ0) is 14.1. The first-order valence-corrected chi connectivity index (χ1v) is 5.35. The summed E-state index contributed by atoms with van der Waals surface area (Å²) in [7, 11) is 0. The molecule has 0 aliphatic heterocycles. The quantitative estimate of drug-likeness (QED) is 0.860. The number of alkyl halides is 3. The maximum atomic E-state index is 12.1. The Labute approximate surface area is 103 Å². The van der Waals surface area contributed by atoms with E-state index in [-0.39, 0.29) is 11.3 Å². The summed E-state index contributed by atoms with van der Waals surface area (Å²) in [5.41, 5.74) is 5.74. The van der Waals surface area contributed by atoms with Gasteiger partial charge in [-0.25, -0.2) is 0 Å². The molecule has 102 valence electrons. The van der Waals surface area contributed by atoms with Crippen LogP contribution >= 0.6 is 0 Å². The van der Waals surface area contributed by atoms with E-state index in [2.05, 4.69) is 4.74 Å². The summed E-state index contributed by atoms with van der Waals surface area (Å²) in [6.45, 7) is 5.48. The lowest BCUT2D eigenvalue weighted by atomic mass is 9.82. The molecule has 0 saturated carbocycles. The van der Waals surface area contributed by atoms with Gasteiger partial charge in [-0.05, 0) is 23.6 Å². The summed E-state index contributed by atoms with van der Waals surface area (Å²) in [5, 5.41) is 9.65. The van der Waals surface area contributed by atoms with Crippen molar-refractivity contribution in [1.29, 1.82) is 0 Å². The van der Waals surface area contributed by atoms with Gasteiger partial charge in [0.1, 0.15) is 11.5 Å². The molecular weight excluding hydrogens is 247 g/mol. The molecule has 1 rings (SSSR count). The van der Waals surface area contributed by atoms with Gasteiger partial charge in [0.2, 0.25) is 0 Å². The first-order valence-electron chi connectivity index (χ1n) is 5.35. The molecular formula is C12H16F3NO2. The molecule has 0 amide bonds. The van der Waals surface area contributed by atoms with Crippen molar-refractivity contribution >= 4 is 0 Å². The van der Waals surface area contributed by atoms with Gasteiger partial charge >= 0.3 is 6.36 Å². The molecule has 6 heteroatoms. The van der Waals surface area contributed by atoms with E-state index < -0.39 is 23.6 Å². The molecule has 0 heterocycles. The molecule has 18 heavy (non-hydrogen) atoms. The van der Waals surface area contributed by atoms with Gasteiger partial charge in [-0.1, -0.05) is 20.8 Å². The number of nitrogens with two attached hydrogens (primary N) is 1. The van der Waals surface area contributed by atoms with Gasteiger partial charge in [-0.3, -0.25) is 0 Å². The van der Waals surface area contributed by atoms with Crippen molar-refractivity contribution in [3.63, 3.8) is 0 Å². The summed E-state index contributed by atoms with van der Waals surface area (Å²) < 4.78 is 40.1. The summed E-state index contributed by atoms with van der Waals surface area (Å²) in [4.78, 5) is 0. The highest BCUT2D eigenvalue weighted by Crippen LogP contribution is 2.37. The van der Waals surface area contributed by atoms with Crippen molar-refractivity contribution in [2.45, 2.75) is 33.2 Å². The van der Waals surface area contributed by atoms with Gasteiger partial charge in [0, 0.05) is 11.6 Å². The molecule has 0 unspecified atom stereocenters. The van der Waals surface area contributed by atoms with Crippen LogP contribution in [0.25, 0.3) is 0 Å². The molecule has 0 saturated heterocycles. The Balaban J connectivity index is 3.09. The Morgan fingerprint density at radius 1 is 1.22 bits per heavy atom. The number of rotatable bonds is 2. The minimum Gasteiger partial charge on any atom is -0.508 e. The zero-order valence-corrected chi connectivity index (χ0v) is 10.4. The summed E-state index contributed by atoms with van der Waals surface area (Å²) in [6, 6.07) is 2.69. The third-order valence-electron chi connectivity index (χ3n) is 2.50. The molecule has 0 fully saturated rings. The first kappa shape index (κ1) is 14.6. The minimum absolute atomic E-state index is 0.146. The molecule has 3 nitrogen and oxygen atoms in total. The van der Waals surface area contributed by atoms with Crippen LogP contribution in [0.4, 0.5) is 13.2 Å². The van der Waals surface area contributed by atoms with Crippen molar-refractivity contribution in [3.05, 3.63) is 23.8 Å². The zero-order valence-electron chi connectivity index (χ0n) is 10.4. The molecule has 0 spiro atoms. The average molecular weight is 263 g/mol. The highest BCUT2D eigenvalue weighted by atomic mass is 19.4. The molecule has 3 N–H and O–H groups in total. The number of benzene rings is 1. The molecule has 1 aromatic rings. The molecule has 0 bridgehead atoms. The van der Waals surface area contributed by atoms with Gasteiger partial charge in [0.15, 0.2) is 0 Å². The monoisotopic (exact) mass is 263 g/mol. The summed E-state index contributed by atoms with van der Waals surface area (Å²) in [5.74, 6) is -0.540. The normalized spacial score (nSPS) is 14.4. The van der Waals surface area contributed by atoms with E-state index in [0.717, 1.165) is 18.2 Å². The predicted molar refractivity (Wildman–Crippen MR) is 61.2 cm³/mol. The fourth-order valence-electron chi connectivity index (χ4n) is 1.45. The maximum absolute atomic E-state index is 12.1. The number of hydrogen-bond acceptors (Lipinski definition) is 3. The van der Waals surface area contributed by atoms with Crippen molar-refractivity contribution in [2.24, 2.45) is 11.1 Å². The topological polar surface area (TPSA) is 55.5 Å². The third kappa shape index (κ3) is 3.80. The van der Waals surface area contributed by atoms with Crippen LogP contribution in [-0.4, -0.2) is 11.5 Å². The van der Waals surface area contributed by atoms with E-state index in [1.54, 1.807) is 0 Å². The van der Waals surface area contributed by atoms with Crippen molar-refractivity contribution < 1.29 is 23.0 Å². The van der Waals surface area contributed by atoms with E-state index >= 15 is 0 Å². The van der Waals surface area contributed by atoms with Crippen molar-refractivity contribution in [3.8, 4) is 11.5 Å². The number of hydrogen-bond donors (Lipinski definition) is 2. The van der Waals surface area contributed by atoms with E-state index in [1.807, 2.05) is 20.8 Å². The molecule has 1 atom stereocenters. The molecule has 1 aromatic carbocycles. The Hall–Kier alpha value is -1.43. The third-order valence-corrected chi connectivity index (χ3v) is 2.50. The van der Waals surface area contributed by atoms with Crippen LogP contribution in [0.3, 0.4) is 0 Å². The first-order chi connectivity index (χ1) is 8.00. The standard InChI is InChI=1S/C12H16F3NO2/c1-11(2,3)10(16)8-6-7(4-5-9(8)17)18-12(13,14)15/h4-6,10,17H,16H2,1-3H3/t10-/m1/s1. The SMILES string of the molecule is CC(C)(C)[C@H](N)c1cc(OC(F)(F)F)ccc1O. The average Bonchev–Trinajstić information content (AvgIpc) is 2.16. The summed E-state index contributed by atoms with van der Waals surface area (Å²) >= 11 is 0. The van der Waals surface area contributed by atoms with Crippen molar-refractivity contribution in [1.82, 2.24) is 0 Å². The number of aromatic hydroxyl groups is 1. The predicted octanol–water partition coefficient (Wildman–Crippen LogP) is 3.34. The van der Waals surface area contributed by atoms with E-state index in [9.17, 15) is 18.3 Å². The second-order valence-corrected chi connectivity index (χ2v) is 5.11. The van der Waals surface area contributed by atoms with Gasteiger partial charge in [0.25, 0.3) is 0 Å². The molecule has 0 radical (unpaired) electrons. The number of halogens is 3. The van der Waals surface area contributed by atoms with Gasteiger partial charge in [0.05, 0.1) is 0 Å². The number of ether oxygens (including phenoxy) is 1. The Morgan fingerprint density at radius 2 is 1.78 bits per heavy atom. The fraction of sp³-hybridized carbons (Fsp3) is 0.500. The Morgan fingerprint density at radius 3 is 2.22 bits per heavy atom. The van der Waals surface area contributed by atoms with Crippen LogP contribution < -0.4 is 10.5 Å². The lowest BCUT2D eigenvalue weighted by Crippen LogP contribution is -2.26. The molecule has 0 aliphatic carbocycles. The van der Waals surface area contributed by atoms with Gasteiger partial charge in [-0.2, -0.15) is 0 Å². The van der Waals surface area contributed by atoms with Crippen LogP contribution in [0.2, 0.25) is 0 Å². The summed E-state index contributed by atoms with van der Waals surface area (Å²) in [6.07, 6.45) is -4.76. The van der Waals surface area contributed by atoms with E-state index in [0.29, 0.717) is 0 Å². The van der Waals surface area contributed by atoms with Gasteiger partial charge in [-0.15, -0.1) is 13.2 Å². The van der Waals surface area contributed by atoms with Crippen molar-refractivity contribution in [2.75, 3.05) is 0 Å². The van der Waals surface area contributed by atoms with Crippen LogP contribution in [-0.2, 0) is 0 Å². The lowest BCUT2D eigenvalue weighted by Gasteiger charge is -2.28. The smallest absolute Gasteiger partial charge is 0.508 e. The minimum atomic E-state index is -4.76. The Bertz CT molecular complexity index is 424. The van der Waals surface area contributed by atoms with Crippen LogP contribution in [0.5, 0.6) is 11.5 Å².